The molecule has 1 atom stereocenters. The Labute approximate surface area is 191 Å². The molecule has 1 aliphatic heterocycles. The molecule has 1 aromatic carbocycles. The van der Waals surface area contributed by atoms with E-state index in [4.69, 9.17) is 17.2 Å². The predicted molar refractivity (Wildman–Crippen MR) is 128 cm³/mol. The van der Waals surface area contributed by atoms with Crippen molar-refractivity contribution in [3.8, 4) is 10.6 Å². The highest BCUT2D eigenvalue weighted by atomic mass is 32.1. The lowest BCUT2D eigenvalue weighted by Gasteiger charge is -2.26. The number of amides is 1. The maximum absolute atomic E-state index is 14.3. The second-order valence-electron chi connectivity index (χ2n) is 7.73. The largest absolute Gasteiger partial charge is 0.403 e. The minimum absolute atomic E-state index is 0.0268. The fourth-order valence-corrected chi connectivity index (χ4v) is 4.45. The number of aromatic nitrogens is 1. The van der Waals surface area contributed by atoms with Crippen LogP contribution in [-0.2, 0) is 0 Å². The number of carbonyl (C=O) groups is 1. The number of hydrogen-bond donors (Lipinski definition) is 4. The molecule has 0 unspecified atom stereocenters. The average Bonchev–Trinajstić information content (AvgIpc) is 3.02. The van der Waals surface area contributed by atoms with Gasteiger partial charge in [-0.15, -0.1) is 0 Å². The van der Waals surface area contributed by atoms with E-state index in [0.717, 1.165) is 49.3 Å². The van der Waals surface area contributed by atoms with Gasteiger partial charge in [0.25, 0.3) is 5.91 Å². The highest BCUT2D eigenvalue weighted by molar-refractivity contribution is 7.19. The molecular formula is C22H30FN7OS. The highest BCUT2D eigenvalue weighted by Gasteiger charge is 2.24. The van der Waals surface area contributed by atoms with Gasteiger partial charge < -0.3 is 27.4 Å². The zero-order valence-electron chi connectivity index (χ0n) is 18.4. The van der Waals surface area contributed by atoms with Crippen LogP contribution in [0.4, 0.5) is 9.39 Å². The Morgan fingerprint density at radius 2 is 2.19 bits per heavy atom. The minimum Gasteiger partial charge on any atom is -0.403 e. The van der Waals surface area contributed by atoms with Crippen LogP contribution in [0.3, 0.4) is 0 Å². The summed E-state index contributed by atoms with van der Waals surface area (Å²) in [7, 11) is 0. The highest BCUT2D eigenvalue weighted by Crippen LogP contribution is 2.32. The van der Waals surface area contributed by atoms with Crippen LogP contribution in [-0.4, -0.2) is 47.3 Å². The quantitative estimate of drug-likeness (QED) is 0.401. The number of rotatable bonds is 5. The van der Waals surface area contributed by atoms with E-state index in [1.165, 1.54) is 12.3 Å². The fourth-order valence-electron chi connectivity index (χ4n) is 3.61. The first-order valence-corrected chi connectivity index (χ1v) is 11.5. The molecule has 0 aliphatic carbocycles. The van der Waals surface area contributed by atoms with Crippen molar-refractivity contribution in [2.75, 3.05) is 25.4 Å². The van der Waals surface area contributed by atoms with Gasteiger partial charge in [-0.25, -0.2) is 9.37 Å². The molecule has 1 aliphatic rings. The van der Waals surface area contributed by atoms with Gasteiger partial charge >= 0.3 is 0 Å². The Kier molecular flexibility index (Phi) is 7.81. The standard InChI is InChI=1S/C22H30FN7OS/c1-3-27-20(30-9-4-5-14(25)8-10-30)17(12-24)28-21(31)18-19(26)32-22(29-18)15-11-13(2)6-7-16(15)23/h6-7,11-12,14H,3-5,8-10,24-26H2,1-2H3,(H,28,31)/t14-/m1/s1. The number of benzene rings is 1. The number of aliphatic imine (C=N–C) groups is 1. The number of nitrogens with zero attached hydrogens (tertiary/aromatic N) is 3. The summed E-state index contributed by atoms with van der Waals surface area (Å²) in [6.07, 6.45) is 4.03. The topological polar surface area (TPSA) is 136 Å². The fraction of sp³-hybridized carbons (Fsp3) is 0.409. The third-order valence-electron chi connectivity index (χ3n) is 5.26. The number of nitrogens with one attached hydrogen (secondary N) is 1. The van der Waals surface area contributed by atoms with Gasteiger partial charge in [-0.05, 0) is 45.2 Å². The van der Waals surface area contributed by atoms with E-state index in [0.29, 0.717) is 28.6 Å². The second kappa shape index (κ2) is 10.6. The molecule has 0 saturated carbocycles. The zero-order chi connectivity index (χ0) is 23.3. The lowest BCUT2D eigenvalue weighted by Crippen LogP contribution is -2.40. The van der Waals surface area contributed by atoms with Crippen LogP contribution in [0.25, 0.3) is 10.6 Å². The SMILES string of the molecule is CCN=C(C(=CN)NC(=O)c1nc(-c2cc(C)ccc2F)sc1N)N1CCC[C@@H](N)CC1. The Bertz CT molecular complexity index is 1030. The zero-order valence-corrected chi connectivity index (χ0v) is 19.2. The van der Waals surface area contributed by atoms with Gasteiger partial charge in [0.2, 0.25) is 0 Å². The number of aryl methyl sites for hydroxylation is 1. The predicted octanol–water partition coefficient (Wildman–Crippen LogP) is 2.60. The Morgan fingerprint density at radius 1 is 1.41 bits per heavy atom. The smallest absolute Gasteiger partial charge is 0.277 e. The van der Waals surface area contributed by atoms with Crippen molar-refractivity contribution in [2.24, 2.45) is 16.5 Å². The number of halogens is 1. The van der Waals surface area contributed by atoms with E-state index in [9.17, 15) is 9.18 Å². The molecule has 7 N–H and O–H groups in total. The molecule has 8 nitrogen and oxygen atoms in total. The summed E-state index contributed by atoms with van der Waals surface area (Å²) in [6, 6.07) is 4.87. The second-order valence-corrected chi connectivity index (χ2v) is 8.76. The van der Waals surface area contributed by atoms with Crippen LogP contribution in [0.5, 0.6) is 0 Å². The minimum atomic E-state index is -0.523. The van der Waals surface area contributed by atoms with Crippen molar-refractivity contribution < 1.29 is 9.18 Å². The molecule has 1 amide bonds. The van der Waals surface area contributed by atoms with Crippen LogP contribution in [0.2, 0.25) is 0 Å². The normalized spacial score (nSPS) is 17.9. The number of carbonyl (C=O) groups excluding carboxylic acids is 1. The first kappa shape index (κ1) is 23.7. The van der Waals surface area contributed by atoms with Crippen molar-refractivity contribution in [3.05, 3.63) is 47.2 Å². The maximum atomic E-state index is 14.3. The van der Waals surface area contributed by atoms with Crippen LogP contribution in [0, 0.1) is 12.7 Å². The summed E-state index contributed by atoms with van der Waals surface area (Å²) in [6.45, 7) is 5.80. The van der Waals surface area contributed by atoms with Crippen molar-refractivity contribution in [1.29, 1.82) is 0 Å². The summed E-state index contributed by atoms with van der Waals surface area (Å²) in [4.78, 5) is 24.0. The summed E-state index contributed by atoms with van der Waals surface area (Å²) in [5.41, 5.74) is 19.6. The summed E-state index contributed by atoms with van der Waals surface area (Å²) < 4.78 is 14.3. The third kappa shape index (κ3) is 5.43. The molecule has 3 rings (SSSR count). The number of amidine groups is 1. The van der Waals surface area contributed by atoms with Crippen molar-refractivity contribution in [1.82, 2.24) is 15.2 Å². The Morgan fingerprint density at radius 3 is 2.91 bits per heavy atom. The first-order valence-electron chi connectivity index (χ1n) is 10.7. The molecular weight excluding hydrogens is 429 g/mol. The summed E-state index contributed by atoms with van der Waals surface area (Å²) in [5.74, 6) is -0.336. The molecule has 1 fully saturated rings. The van der Waals surface area contributed by atoms with E-state index in [1.54, 1.807) is 12.1 Å². The van der Waals surface area contributed by atoms with E-state index in [1.807, 2.05) is 13.8 Å². The Hall–Kier alpha value is -2.98. The monoisotopic (exact) mass is 459 g/mol. The van der Waals surface area contributed by atoms with Gasteiger partial charge in [0, 0.05) is 37.4 Å². The molecule has 1 saturated heterocycles. The van der Waals surface area contributed by atoms with Gasteiger partial charge in [-0.3, -0.25) is 9.79 Å². The van der Waals surface area contributed by atoms with Crippen LogP contribution in [0.1, 0.15) is 42.2 Å². The van der Waals surface area contributed by atoms with Gasteiger partial charge in [-0.2, -0.15) is 0 Å². The third-order valence-corrected chi connectivity index (χ3v) is 6.17. The number of likely N-dealkylation sites (tertiary alicyclic amines) is 1. The number of nitrogens with two attached hydrogens (primary N) is 3. The van der Waals surface area contributed by atoms with E-state index >= 15 is 0 Å². The maximum Gasteiger partial charge on any atom is 0.277 e. The van der Waals surface area contributed by atoms with Crippen LogP contribution in [0.15, 0.2) is 35.1 Å². The molecule has 1 aromatic heterocycles. The lowest BCUT2D eigenvalue weighted by atomic mass is 10.1. The molecule has 32 heavy (non-hydrogen) atoms. The summed E-state index contributed by atoms with van der Waals surface area (Å²) >= 11 is 1.06. The molecule has 0 spiro atoms. The molecule has 2 aromatic rings. The first-order chi connectivity index (χ1) is 15.3. The van der Waals surface area contributed by atoms with Crippen LogP contribution >= 0.6 is 11.3 Å². The van der Waals surface area contributed by atoms with E-state index in [2.05, 4.69) is 20.2 Å². The molecule has 0 bridgehead atoms. The van der Waals surface area contributed by atoms with Gasteiger partial charge in [0.1, 0.15) is 21.7 Å². The van der Waals surface area contributed by atoms with Gasteiger partial charge in [0.15, 0.2) is 5.69 Å². The van der Waals surface area contributed by atoms with E-state index < -0.39 is 11.7 Å². The number of hydrogen-bond acceptors (Lipinski definition) is 7. The van der Waals surface area contributed by atoms with Crippen molar-refractivity contribution >= 4 is 28.1 Å². The van der Waals surface area contributed by atoms with Crippen molar-refractivity contribution in [3.63, 3.8) is 0 Å². The number of anilines is 1. The Balaban J connectivity index is 1.83. The summed E-state index contributed by atoms with van der Waals surface area (Å²) in [5, 5.41) is 3.33. The lowest BCUT2D eigenvalue weighted by molar-refractivity contribution is 0.0964. The molecule has 10 heteroatoms. The van der Waals surface area contributed by atoms with Crippen LogP contribution < -0.4 is 22.5 Å². The molecule has 172 valence electrons. The molecule has 2 heterocycles. The average molecular weight is 460 g/mol. The van der Waals surface area contributed by atoms with Crippen molar-refractivity contribution in [2.45, 2.75) is 39.2 Å². The number of thiazole rings is 1. The van der Waals surface area contributed by atoms with Gasteiger partial charge in [-0.1, -0.05) is 23.0 Å². The van der Waals surface area contributed by atoms with Gasteiger partial charge in [0.05, 0.1) is 5.70 Å². The number of nitrogen functional groups attached to an aromatic ring is 1. The molecule has 0 radical (unpaired) electrons. The van der Waals surface area contributed by atoms with E-state index in [-0.39, 0.29) is 16.7 Å².